The number of nitriles is 1. The van der Waals surface area contributed by atoms with E-state index in [-0.39, 0.29) is 0 Å². The third-order valence-corrected chi connectivity index (χ3v) is 4.24. The van der Waals surface area contributed by atoms with E-state index in [1.54, 1.807) is 0 Å². The zero-order valence-electron chi connectivity index (χ0n) is 13.4. The van der Waals surface area contributed by atoms with Gasteiger partial charge in [0.25, 0.3) is 0 Å². The Kier molecular flexibility index (Phi) is 5.58. The normalized spacial score (nSPS) is 19.5. The van der Waals surface area contributed by atoms with Gasteiger partial charge in [-0.25, -0.2) is 4.98 Å². The summed E-state index contributed by atoms with van der Waals surface area (Å²) in [5, 5.41) is 12.6. The maximum atomic E-state index is 9.23. The Hall–Kier alpha value is -1.60. The van der Waals surface area contributed by atoms with E-state index in [0.29, 0.717) is 17.4 Å². The first-order valence-corrected chi connectivity index (χ1v) is 8.01. The molecule has 0 aromatic carbocycles. The Morgan fingerprint density at radius 3 is 2.95 bits per heavy atom. The molecule has 1 aromatic rings. The van der Waals surface area contributed by atoms with Crippen LogP contribution in [-0.2, 0) is 0 Å². The smallest absolute Gasteiger partial charge is 0.144 e. The molecule has 2 heterocycles. The van der Waals surface area contributed by atoms with Crippen LogP contribution in [0.1, 0.15) is 50.8 Å². The highest BCUT2D eigenvalue weighted by Gasteiger charge is 2.19. The number of pyridine rings is 1. The van der Waals surface area contributed by atoms with Crippen molar-refractivity contribution in [3.05, 3.63) is 23.4 Å². The topological polar surface area (TPSA) is 52.0 Å². The quantitative estimate of drug-likeness (QED) is 0.903. The summed E-state index contributed by atoms with van der Waals surface area (Å²) in [4.78, 5) is 7.12. The summed E-state index contributed by atoms with van der Waals surface area (Å²) in [6, 6.07) is 6.07. The minimum absolute atomic E-state index is 0.378. The van der Waals surface area contributed by atoms with Gasteiger partial charge in [0.05, 0.1) is 5.56 Å². The Morgan fingerprint density at radius 1 is 1.48 bits per heavy atom. The number of hydrogen-bond acceptors (Lipinski definition) is 4. The lowest BCUT2D eigenvalue weighted by Crippen LogP contribution is -2.37. The number of anilines is 1. The standard InChI is InChI=1S/C17H26N4/c1-4-21-9-5-6-14(12-21)11-19-17-15(10-18)7-8-16(20-17)13(2)3/h7-8,13-14H,4-6,9,11-12H2,1-3H3,(H,19,20)/t14-/m0/s1. The molecule has 0 amide bonds. The molecule has 0 unspecified atom stereocenters. The molecule has 1 aliphatic heterocycles. The molecule has 1 aromatic heterocycles. The van der Waals surface area contributed by atoms with Gasteiger partial charge < -0.3 is 10.2 Å². The second-order valence-corrected chi connectivity index (χ2v) is 6.18. The number of likely N-dealkylation sites (tertiary alicyclic amines) is 1. The van der Waals surface area contributed by atoms with Gasteiger partial charge in [0.1, 0.15) is 11.9 Å². The maximum absolute atomic E-state index is 9.23. The Morgan fingerprint density at radius 2 is 2.29 bits per heavy atom. The Bertz CT molecular complexity index is 504. The molecule has 0 aliphatic carbocycles. The lowest BCUT2D eigenvalue weighted by Gasteiger charge is -2.32. The molecule has 0 bridgehead atoms. The Labute approximate surface area is 128 Å². The van der Waals surface area contributed by atoms with Crippen LogP contribution >= 0.6 is 0 Å². The largest absolute Gasteiger partial charge is 0.369 e. The molecule has 1 fully saturated rings. The summed E-state index contributed by atoms with van der Waals surface area (Å²) >= 11 is 0. The Balaban J connectivity index is 2.01. The van der Waals surface area contributed by atoms with E-state index in [2.05, 4.69) is 42.0 Å². The molecule has 0 spiro atoms. The number of aromatic nitrogens is 1. The lowest BCUT2D eigenvalue weighted by atomic mass is 9.98. The van der Waals surface area contributed by atoms with Gasteiger partial charge >= 0.3 is 0 Å². The van der Waals surface area contributed by atoms with Crippen molar-refractivity contribution < 1.29 is 0 Å². The summed E-state index contributed by atoms with van der Waals surface area (Å²) in [5.41, 5.74) is 1.68. The zero-order valence-corrected chi connectivity index (χ0v) is 13.4. The van der Waals surface area contributed by atoms with E-state index in [0.717, 1.165) is 31.1 Å². The summed E-state index contributed by atoms with van der Waals surface area (Å²) in [5.74, 6) is 1.77. The van der Waals surface area contributed by atoms with Crippen LogP contribution in [0, 0.1) is 17.2 Å². The number of piperidine rings is 1. The van der Waals surface area contributed by atoms with Gasteiger partial charge in [0, 0.05) is 18.8 Å². The van der Waals surface area contributed by atoms with Crippen molar-refractivity contribution in [2.45, 2.75) is 39.5 Å². The summed E-state index contributed by atoms with van der Waals surface area (Å²) in [7, 11) is 0. The van der Waals surface area contributed by atoms with E-state index >= 15 is 0 Å². The van der Waals surface area contributed by atoms with Gasteiger partial charge in [0.15, 0.2) is 0 Å². The fraction of sp³-hybridized carbons (Fsp3) is 0.647. The molecule has 4 heteroatoms. The fourth-order valence-corrected chi connectivity index (χ4v) is 2.87. The molecule has 4 nitrogen and oxygen atoms in total. The number of nitrogens with zero attached hydrogens (tertiary/aromatic N) is 3. The van der Waals surface area contributed by atoms with Crippen LogP contribution in [0.2, 0.25) is 0 Å². The van der Waals surface area contributed by atoms with Crippen LogP contribution in [0.4, 0.5) is 5.82 Å². The molecular weight excluding hydrogens is 260 g/mol. The van der Waals surface area contributed by atoms with E-state index < -0.39 is 0 Å². The van der Waals surface area contributed by atoms with Crippen LogP contribution in [0.15, 0.2) is 12.1 Å². The van der Waals surface area contributed by atoms with Crippen LogP contribution in [-0.4, -0.2) is 36.1 Å². The van der Waals surface area contributed by atoms with Crippen molar-refractivity contribution in [1.29, 1.82) is 5.26 Å². The predicted molar refractivity (Wildman–Crippen MR) is 86.4 cm³/mol. The number of rotatable bonds is 5. The second-order valence-electron chi connectivity index (χ2n) is 6.18. The minimum Gasteiger partial charge on any atom is -0.369 e. The molecule has 0 radical (unpaired) electrons. The molecule has 1 N–H and O–H groups in total. The zero-order chi connectivity index (χ0) is 15.2. The molecule has 0 saturated carbocycles. The summed E-state index contributed by atoms with van der Waals surface area (Å²) in [6.07, 6.45) is 2.53. The molecule has 2 rings (SSSR count). The summed E-state index contributed by atoms with van der Waals surface area (Å²) < 4.78 is 0. The summed E-state index contributed by atoms with van der Waals surface area (Å²) in [6.45, 7) is 10.9. The lowest BCUT2D eigenvalue weighted by molar-refractivity contribution is 0.189. The van der Waals surface area contributed by atoms with Gasteiger partial charge in [-0.15, -0.1) is 0 Å². The van der Waals surface area contributed by atoms with Crippen molar-refractivity contribution in [3.63, 3.8) is 0 Å². The third-order valence-electron chi connectivity index (χ3n) is 4.24. The minimum atomic E-state index is 0.378. The second kappa shape index (κ2) is 7.42. The first-order valence-electron chi connectivity index (χ1n) is 8.01. The first-order chi connectivity index (χ1) is 10.1. The molecule has 21 heavy (non-hydrogen) atoms. The van der Waals surface area contributed by atoms with Crippen molar-refractivity contribution in [3.8, 4) is 6.07 Å². The third kappa shape index (κ3) is 4.18. The van der Waals surface area contributed by atoms with E-state index in [1.165, 1.54) is 19.4 Å². The van der Waals surface area contributed by atoms with E-state index in [1.807, 2.05) is 12.1 Å². The van der Waals surface area contributed by atoms with Gasteiger partial charge in [-0.05, 0) is 49.9 Å². The van der Waals surface area contributed by atoms with Crippen molar-refractivity contribution in [2.75, 3.05) is 31.5 Å². The SMILES string of the molecule is CCN1CCC[C@@H](CNc2nc(C(C)C)ccc2C#N)C1. The van der Waals surface area contributed by atoms with Crippen molar-refractivity contribution >= 4 is 5.82 Å². The predicted octanol–water partition coefficient (Wildman–Crippen LogP) is 3.22. The van der Waals surface area contributed by atoms with Crippen LogP contribution in [0.5, 0.6) is 0 Å². The van der Waals surface area contributed by atoms with Gasteiger partial charge in [-0.1, -0.05) is 20.8 Å². The van der Waals surface area contributed by atoms with E-state index in [9.17, 15) is 5.26 Å². The molecule has 1 saturated heterocycles. The monoisotopic (exact) mass is 286 g/mol. The molecule has 1 atom stereocenters. The van der Waals surface area contributed by atoms with Crippen molar-refractivity contribution in [1.82, 2.24) is 9.88 Å². The van der Waals surface area contributed by atoms with E-state index in [4.69, 9.17) is 0 Å². The van der Waals surface area contributed by atoms with Crippen molar-refractivity contribution in [2.24, 2.45) is 5.92 Å². The van der Waals surface area contributed by atoms with Crippen LogP contribution in [0.3, 0.4) is 0 Å². The average Bonchev–Trinajstić information content (AvgIpc) is 2.52. The average molecular weight is 286 g/mol. The first kappa shape index (κ1) is 15.8. The highest BCUT2D eigenvalue weighted by atomic mass is 15.1. The highest BCUT2D eigenvalue weighted by Crippen LogP contribution is 2.20. The fourth-order valence-electron chi connectivity index (χ4n) is 2.87. The van der Waals surface area contributed by atoms with Gasteiger partial charge in [0.2, 0.25) is 0 Å². The molecule has 114 valence electrons. The molecular formula is C17H26N4. The number of hydrogen-bond donors (Lipinski definition) is 1. The van der Waals surface area contributed by atoms with Gasteiger partial charge in [-0.2, -0.15) is 5.26 Å². The van der Waals surface area contributed by atoms with Gasteiger partial charge in [-0.3, -0.25) is 0 Å². The van der Waals surface area contributed by atoms with Crippen LogP contribution < -0.4 is 5.32 Å². The number of nitrogens with one attached hydrogen (secondary N) is 1. The highest BCUT2D eigenvalue weighted by molar-refractivity contribution is 5.52. The maximum Gasteiger partial charge on any atom is 0.144 e. The molecule has 1 aliphatic rings. The van der Waals surface area contributed by atoms with Crippen LogP contribution in [0.25, 0.3) is 0 Å².